The van der Waals surface area contributed by atoms with Crippen LogP contribution in [0.3, 0.4) is 0 Å². The largest absolute Gasteiger partial charge is 0.309 e. The third kappa shape index (κ3) is 3.72. The Morgan fingerprint density at radius 1 is 1.50 bits per heavy atom. The van der Waals surface area contributed by atoms with Gasteiger partial charge >= 0.3 is 0 Å². The van der Waals surface area contributed by atoms with E-state index in [0.29, 0.717) is 6.04 Å². The molecule has 0 spiro atoms. The van der Waals surface area contributed by atoms with Crippen LogP contribution in [0.25, 0.3) is 0 Å². The Kier molecular flexibility index (Phi) is 5.71. The minimum absolute atomic E-state index is 0.448. The van der Waals surface area contributed by atoms with Crippen LogP contribution >= 0.6 is 11.3 Å². The van der Waals surface area contributed by atoms with Gasteiger partial charge in [0.05, 0.1) is 10.7 Å². The van der Waals surface area contributed by atoms with E-state index in [9.17, 15) is 0 Å². The summed E-state index contributed by atoms with van der Waals surface area (Å²) in [6.07, 6.45) is 5.33. The molecule has 1 atom stereocenters. The van der Waals surface area contributed by atoms with Gasteiger partial charge in [0.2, 0.25) is 0 Å². The number of hydrogen-bond donors (Lipinski definition) is 1. The van der Waals surface area contributed by atoms with E-state index in [1.807, 2.05) is 17.4 Å². The molecule has 0 aliphatic heterocycles. The van der Waals surface area contributed by atoms with Crippen molar-refractivity contribution in [2.45, 2.75) is 46.1 Å². The van der Waals surface area contributed by atoms with E-state index < -0.39 is 0 Å². The summed E-state index contributed by atoms with van der Waals surface area (Å²) in [4.78, 5) is 5.90. The number of hydrogen-bond acceptors (Lipinski definition) is 3. The van der Waals surface area contributed by atoms with Gasteiger partial charge in [-0.2, -0.15) is 0 Å². The third-order valence-electron chi connectivity index (χ3n) is 2.56. The Hall–Kier alpha value is -0.670. The molecule has 0 aliphatic rings. The molecule has 0 bridgehead atoms. The maximum absolute atomic E-state index is 4.50. The fourth-order valence-corrected chi connectivity index (χ4v) is 2.84. The molecular formula is C13H22N2S. The number of nitrogens with one attached hydrogen (secondary N) is 1. The second-order valence-electron chi connectivity index (χ2n) is 4.06. The SMILES string of the molecule is C=CCCC(NCCC)c1sc(C)nc1C. The minimum atomic E-state index is 0.448. The maximum atomic E-state index is 4.50. The Labute approximate surface area is 103 Å². The lowest BCUT2D eigenvalue weighted by atomic mass is 10.1. The summed E-state index contributed by atoms with van der Waals surface area (Å²) < 4.78 is 0. The first kappa shape index (κ1) is 13.4. The summed E-state index contributed by atoms with van der Waals surface area (Å²) in [7, 11) is 0. The van der Waals surface area contributed by atoms with Crippen molar-refractivity contribution in [3.63, 3.8) is 0 Å². The maximum Gasteiger partial charge on any atom is 0.0900 e. The molecule has 3 heteroatoms. The van der Waals surface area contributed by atoms with Crippen molar-refractivity contribution >= 4 is 11.3 Å². The van der Waals surface area contributed by atoms with Gasteiger partial charge in [-0.05, 0) is 39.7 Å². The predicted octanol–water partition coefficient (Wildman–Crippen LogP) is 3.77. The monoisotopic (exact) mass is 238 g/mol. The van der Waals surface area contributed by atoms with Gasteiger partial charge in [-0.3, -0.25) is 0 Å². The Morgan fingerprint density at radius 3 is 2.75 bits per heavy atom. The number of rotatable bonds is 7. The second kappa shape index (κ2) is 6.81. The zero-order valence-electron chi connectivity index (χ0n) is 10.5. The van der Waals surface area contributed by atoms with Crippen LogP contribution in [-0.2, 0) is 0 Å². The normalized spacial score (nSPS) is 12.7. The summed E-state index contributed by atoms with van der Waals surface area (Å²) in [6, 6.07) is 0.448. The number of aryl methyl sites for hydroxylation is 2. The zero-order valence-corrected chi connectivity index (χ0v) is 11.4. The summed E-state index contributed by atoms with van der Waals surface area (Å²) in [5.41, 5.74) is 1.18. The predicted molar refractivity (Wildman–Crippen MR) is 72.1 cm³/mol. The molecule has 1 aromatic heterocycles. The number of allylic oxidation sites excluding steroid dienone is 1. The molecule has 0 amide bonds. The van der Waals surface area contributed by atoms with Gasteiger partial charge in [-0.15, -0.1) is 17.9 Å². The van der Waals surface area contributed by atoms with Gasteiger partial charge in [0.15, 0.2) is 0 Å². The molecule has 1 aromatic rings. The van der Waals surface area contributed by atoms with E-state index in [0.717, 1.165) is 24.4 Å². The fraction of sp³-hybridized carbons (Fsp3) is 0.615. The summed E-state index contributed by atoms with van der Waals surface area (Å²) in [5.74, 6) is 0. The van der Waals surface area contributed by atoms with Crippen LogP contribution in [0.2, 0.25) is 0 Å². The van der Waals surface area contributed by atoms with E-state index in [1.165, 1.54) is 17.0 Å². The van der Waals surface area contributed by atoms with Crippen LogP contribution in [-0.4, -0.2) is 11.5 Å². The molecule has 0 radical (unpaired) electrons. The van der Waals surface area contributed by atoms with Gasteiger partial charge < -0.3 is 5.32 Å². The molecular weight excluding hydrogens is 216 g/mol. The molecule has 1 N–H and O–H groups in total. The van der Waals surface area contributed by atoms with Crippen molar-refractivity contribution in [1.82, 2.24) is 10.3 Å². The second-order valence-corrected chi connectivity index (χ2v) is 5.29. The van der Waals surface area contributed by atoms with Gasteiger partial charge in [-0.25, -0.2) is 4.98 Å². The molecule has 90 valence electrons. The summed E-state index contributed by atoms with van der Waals surface area (Å²) in [6.45, 7) is 11.2. The van der Waals surface area contributed by atoms with Crippen LogP contribution in [0, 0.1) is 13.8 Å². The van der Waals surface area contributed by atoms with Crippen molar-refractivity contribution in [1.29, 1.82) is 0 Å². The number of aromatic nitrogens is 1. The lowest BCUT2D eigenvalue weighted by Crippen LogP contribution is -2.21. The van der Waals surface area contributed by atoms with Crippen molar-refractivity contribution < 1.29 is 0 Å². The van der Waals surface area contributed by atoms with E-state index in [1.54, 1.807) is 0 Å². The molecule has 1 unspecified atom stereocenters. The Bertz CT molecular complexity index is 331. The highest BCUT2D eigenvalue weighted by Gasteiger charge is 2.15. The molecule has 0 fully saturated rings. The fourth-order valence-electron chi connectivity index (χ4n) is 1.80. The van der Waals surface area contributed by atoms with Crippen molar-refractivity contribution in [3.8, 4) is 0 Å². The summed E-state index contributed by atoms with van der Waals surface area (Å²) in [5, 5.41) is 4.76. The van der Waals surface area contributed by atoms with Gasteiger partial charge in [0.25, 0.3) is 0 Å². The Balaban J connectivity index is 2.73. The minimum Gasteiger partial charge on any atom is -0.309 e. The smallest absolute Gasteiger partial charge is 0.0900 e. The van der Waals surface area contributed by atoms with Crippen molar-refractivity contribution in [3.05, 3.63) is 28.2 Å². The first-order valence-corrected chi connectivity index (χ1v) is 6.78. The highest BCUT2D eigenvalue weighted by atomic mass is 32.1. The molecule has 0 aromatic carbocycles. The third-order valence-corrected chi connectivity index (χ3v) is 3.74. The molecule has 1 rings (SSSR count). The lowest BCUT2D eigenvalue weighted by Gasteiger charge is -2.16. The van der Waals surface area contributed by atoms with Crippen LogP contribution in [0.1, 0.15) is 47.8 Å². The molecule has 1 heterocycles. The Morgan fingerprint density at radius 2 is 2.25 bits per heavy atom. The number of nitrogens with zero attached hydrogens (tertiary/aromatic N) is 1. The standard InChI is InChI=1S/C13H22N2S/c1-5-7-8-12(14-9-6-2)13-10(3)15-11(4)16-13/h5,12,14H,1,6-9H2,2-4H3. The molecule has 0 saturated carbocycles. The van der Waals surface area contributed by atoms with Gasteiger partial charge in [-0.1, -0.05) is 13.0 Å². The van der Waals surface area contributed by atoms with E-state index >= 15 is 0 Å². The first-order chi connectivity index (χ1) is 7.69. The van der Waals surface area contributed by atoms with Crippen LogP contribution < -0.4 is 5.32 Å². The summed E-state index contributed by atoms with van der Waals surface area (Å²) >= 11 is 1.82. The van der Waals surface area contributed by atoms with E-state index in [-0.39, 0.29) is 0 Å². The van der Waals surface area contributed by atoms with Crippen molar-refractivity contribution in [2.24, 2.45) is 0 Å². The van der Waals surface area contributed by atoms with E-state index in [2.05, 4.69) is 37.7 Å². The molecule has 2 nitrogen and oxygen atoms in total. The topological polar surface area (TPSA) is 24.9 Å². The highest BCUT2D eigenvalue weighted by molar-refractivity contribution is 7.11. The van der Waals surface area contributed by atoms with Crippen LogP contribution in [0.4, 0.5) is 0 Å². The highest BCUT2D eigenvalue weighted by Crippen LogP contribution is 2.27. The lowest BCUT2D eigenvalue weighted by molar-refractivity contribution is 0.507. The van der Waals surface area contributed by atoms with Crippen LogP contribution in [0.5, 0.6) is 0 Å². The van der Waals surface area contributed by atoms with E-state index in [4.69, 9.17) is 0 Å². The number of thiazole rings is 1. The molecule has 0 saturated heterocycles. The van der Waals surface area contributed by atoms with Crippen LogP contribution in [0.15, 0.2) is 12.7 Å². The zero-order chi connectivity index (χ0) is 12.0. The van der Waals surface area contributed by atoms with Gasteiger partial charge in [0.1, 0.15) is 0 Å². The molecule has 0 aliphatic carbocycles. The quantitative estimate of drug-likeness (QED) is 0.731. The first-order valence-electron chi connectivity index (χ1n) is 5.97. The average molecular weight is 238 g/mol. The van der Waals surface area contributed by atoms with Crippen molar-refractivity contribution in [2.75, 3.05) is 6.54 Å². The molecule has 16 heavy (non-hydrogen) atoms. The average Bonchev–Trinajstić information content (AvgIpc) is 2.58. The van der Waals surface area contributed by atoms with Gasteiger partial charge in [0, 0.05) is 10.9 Å².